The summed E-state index contributed by atoms with van der Waals surface area (Å²) in [6.45, 7) is 2.55. The van der Waals surface area contributed by atoms with Crippen LogP contribution < -0.4 is 0 Å². The van der Waals surface area contributed by atoms with E-state index in [9.17, 15) is 4.79 Å². The van der Waals surface area contributed by atoms with Crippen LogP contribution >= 0.6 is 0 Å². The third-order valence-corrected chi connectivity index (χ3v) is 3.76. The topological polar surface area (TPSA) is 50.5 Å². The van der Waals surface area contributed by atoms with Crippen molar-refractivity contribution in [3.8, 4) is 0 Å². The lowest BCUT2D eigenvalue weighted by atomic mass is 10.2. The van der Waals surface area contributed by atoms with Gasteiger partial charge in [0, 0.05) is 32.2 Å². The predicted molar refractivity (Wildman–Crippen MR) is 84.8 cm³/mol. The minimum Gasteiger partial charge on any atom is -0.340 e. The Hall–Kier alpha value is -2.69. The summed E-state index contributed by atoms with van der Waals surface area (Å²) in [6, 6.07) is 9.71. The maximum Gasteiger partial charge on any atom is 0.274 e. The molecule has 0 saturated heterocycles. The number of hydrogen-bond acceptors (Lipinski definition) is 3. The van der Waals surface area contributed by atoms with Crippen LogP contribution in [0.15, 0.2) is 48.9 Å². The fraction of sp³-hybridized carbons (Fsp3) is 0.235. The molecule has 3 heterocycles. The van der Waals surface area contributed by atoms with Gasteiger partial charge in [-0.25, -0.2) is 4.98 Å². The van der Waals surface area contributed by atoms with Crippen LogP contribution in [-0.2, 0) is 6.42 Å². The molecule has 0 atom stereocenters. The van der Waals surface area contributed by atoms with Gasteiger partial charge in [-0.05, 0) is 43.2 Å². The molecule has 5 nitrogen and oxygen atoms in total. The zero-order chi connectivity index (χ0) is 15.5. The molecule has 0 aliphatic heterocycles. The first-order chi connectivity index (χ1) is 10.7. The fourth-order valence-corrected chi connectivity index (χ4v) is 2.48. The van der Waals surface area contributed by atoms with E-state index in [-0.39, 0.29) is 5.91 Å². The van der Waals surface area contributed by atoms with Gasteiger partial charge in [-0.15, -0.1) is 0 Å². The van der Waals surface area contributed by atoms with E-state index >= 15 is 0 Å². The Morgan fingerprint density at radius 3 is 2.77 bits per heavy atom. The summed E-state index contributed by atoms with van der Waals surface area (Å²) >= 11 is 0. The van der Waals surface area contributed by atoms with Crippen LogP contribution in [0, 0.1) is 6.92 Å². The smallest absolute Gasteiger partial charge is 0.274 e. The summed E-state index contributed by atoms with van der Waals surface area (Å²) in [6.07, 6.45) is 6.26. The second kappa shape index (κ2) is 5.97. The molecule has 0 bridgehead atoms. The Morgan fingerprint density at radius 2 is 2.00 bits per heavy atom. The number of aromatic nitrogens is 3. The Morgan fingerprint density at radius 1 is 1.23 bits per heavy atom. The number of likely N-dealkylation sites (N-methyl/N-ethyl adjacent to an activating group) is 1. The van der Waals surface area contributed by atoms with Crippen molar-refractivity contribution in [3.63, 3.8) is 0 Å². The average Bonchev–Trinajstić information content (AvgIpc) is 2.90. The Balaban J connectivity index is 1.77. The third-order valence-electron chi connectivity index (χ3n) is 3.76. The van der Waals surface area contributed by atoms with Crippen LogP contribution in [0.5, 0.6) is 0 Å². The van der Waals surface area contributed by atoms with Crippen molar-refractivity contribution in [2.75, 3.05) is 13.6 Å². The quantitative estimate of drug-likeness (QED) is 0.742. The number of hydrogen-bond donors (Lipinski definition) is 0. The first-order valence-electron chi connectivity index (χ1n) is 7.25. The zero-order valence-corrected chi connectivity index (χ0v) is 12.7. The molecule has 1 amide bonds. The molecule has 112 valence electrons. The van der Waals surface area contributed by atoms with Crippen LogP contribution in [0.25, 0.3) is 5.52 Å². The van der Waals surface area contributed by atoms with Gasteiger partial charge in [0.25, 0.3) is 5.91 Å². The molecule has 0 N–H and O–H groups in total. The number of amides is 1. The highest BCUT2D eigenvalue weighted by molar-refractivity contribution is 5.99. The van der Waals surface area contributed by atoms with Gasteiger partial charge >= 0.3 is 0 Å². The number of nitrogens with zero attached hydrogens (tertiary/aromatic N) is 4. The first kappa shape index (κ1) is 14.3. The fourth-order valence-electron chi connectivity index (χ4n) is 2.48. The van der Waals surface area contributed by atoms with Crippen molar-refractivity contribution in [3.05, 3.63) is 66.0 Å². The SMILES string of the molecule is Cc1nc(C(=O)N(C)CCc2ccncc2)c2ccccn12. The molecule has 3 rings (SSSR count). The highest BCUT2D eigenvalue weighted by Crippen LogP contribution is 2.14. The molecule has 0 aliphatic rings. The normalized spacial score (nSPS) is 10.8. The number of pyridine rings is 2. The van der Waals surface area contributed by atoms with Crippen molar-refractivity contribution in [1.82, 2.24) is 19.3 Å². The summed E-state index contributed by atoms with van der Waals surface area (Å²) in [7, 11) is 1.81. The average molecular weight is 294 g/mol. The summed E-state index contributed by atoms with van der Waals surface area (Å²) in [5.41, 5.74) is 2.52. The van der Waals surface area contributed by atoms with E-state index in [1.807, 2.05) is 54.9 Å². The van der Waals surface area contributed by atoms with Crippen LogP contribution in [0.2, 0.25) is 0 Å². The zero-order valence-electron chi connectivity index (χ0n) is 12.7. The van der Waals surface area contributed by atoms with Crippen molar-refractivity contribution < 1.29 is 4.79 Å². The molecule has 3 aromatic heterocycles. The predicted octanol–water partition coefficient (Wildman–Crippen LogP) is 2.35. The van der Waals surface area contributed by atoms with E-state index in [1.165, 1.54) is 5.56 Å². The van der Waals surface area contributed by atoms with Gasteiger partial charge in [0.15, 0.2) is 5.69 Å². The molecule has 0 aromatic carbocycles. The van der Waals surface area contributed by atoms with E-state index in [0.717, 1.165) is 17.8 Å². The Labute approximate surface area is 129 Å². The van der Waals surface area contributed by atoms with Gasteiger partial charge < -0.3 is 9.30 Å². The van der Waals surface area contributed by atoms with Gasteiger partial charge in [-0.2, -0.15) is 0 Å². The van der Waals surface area contributed by atoms with Gasteiger partial charge in [-0.1, -0.05) is 6.07 Å². The number of rotatable bonds is 4. The second-order valence-corrected chi connectivity index (χ2v) is 5.30. The summed E-state index contributed by atoms with van der Waals surface area (Å²) in [5, 5.41) is 0. The molecule has 0 saturated carbocycles. The van der Waals surface area contributed by atoms with E-state index in [4.69, 9.17) is 0 Å². The molecule has 22 heavy (non-hydrogen) atoms. The summed E-state index contributed by atoms with van der Waals surface area (Å²) in [4.78, 5) is 22.8. The Bertz CT molecular complexity index is 795. The minimum absolute atomic E-state index is 0.0501. The van der Waals surface area contributed by atoms with Crippen molar-refractivity contribution in [1.29, 1.82) is 0 Å². The van der Waals surface area contributed by atoms with Crippen molar-refractivity contribution >= 4 is 11.4 Å². The molecule has 5 heteroatoms. The maximum absolute atomic E-state index is 12.6. The van der Waals surface area contributed by atoms with E-state index < -0.39 is 0 Å². The van der Waals surface area contributed by atoms with Crippen molar-refractivity contribution in [2.24, 2.45) is 0 Å². The van der Waals surface area contributed by atoms with Gasteiger partial charge in [0.1, 0.15) is 5.82 Å². The van der Waals surface area contributed by atoms with Crippen LogP contribution in [-0.4, -0.2) is 38.8 Å². The summed E-state index contributed by atoms with van der Waals surface area (Å²) in [5.74, 6) is 0.771. The molecule has 3 aromatic rings. The molecule has 0 aliphatic carbocycles. The van der Waals surface area contributed by atoms with Gasteiger partial charge in [0.2, 0.25) is 0 Å². The molecule has 0 spiro atoms. The number of imidazole rings is 1. The number of aryl methyl sites for hydroxylation is 1. The standard InChI is InChI=1S/C17H18N4O/c1-13-19-16(15-5-3-4-11-21(13)15)17(22)20(2)12-8-14-6-9-18-10-7-14/h3-7,9-11H,8,12H2,1-2H3. The molecule has 0 fully saturated rings. The summed E-state index contributed by atoms with van der Waals surface area (Å²) < 4.78 is 1.93. The molecular formula is C17H18N4O. The number of fused-ring (bicyclic) bond motifs is 1. The van der Waals surface area contributed by atoms with Crippen LogP contribution in [0.4, 0.5) is 0 Å². The largest absolute Gasteiger partial charge is 0.340 e. The third kappa shape index (κ3) is 2.70. The molecular weight excluding hydrogens is 276 g/mol. The lowest BCUT2D eigenvalue weighted by molar-refractivity contribution is 0.0793. The van der Waals surface area contributed by atoms with Crippen molar-refractivity contribution in [2.45, 2.75) is 13.3 Å². The van der Waals surface area contributed by atoms with Gasteiger partial charge in [0.05, 0.1) is 5.52 Å². The van der Waals surface area contributed by atoms with E-state index in [0.29, 0.717) is 12.2 Å². The first-order valence-corrected chi connectivity index (χ1v) is 7.25. The molecule has 0 radical (unpaired) electrons. The van der Waals surface area contributed by atoms with Crippen LogP contribution in [0.3, 0.4) is 0 Å². The molecule has 0 unspecified atom stereocenters. The van der Waals surface area contributed by atoms with E-state index in [2.05, 4.69) is 9.97 Å². The van der Waals surface area contributed by atoms with E-state index in [1.54, 1.807) is 17.3 Å². The monoisotopic (exact) mass is 294 g/mol. The lowest BCUT2D eigenvalue weighted by Gasteiger charge is -2.16. The Kier molecular flexibility index (Phi) is 3.87. The number of carbonyl (C=O) groups is 1. The maximum atomic E-state index is 12.6. The van der Waals surface area contributed by atoms with Gasteiger partial charge in [-0.3, -0.25) is 9.78 Å². The minimum atomic E-state index is -0.0501. The van der Waals surface area contributed by atoms with Crippen LogP contribution in [0.1, 0.15) is 21.9 Å². The lowest BCUT2D eigenvalue weighted by Crippen LogP contribution is -2.29. The highest BCUT2D eigenvalue weighted by Gasteiger charge is 2.18. The second-order valence-electron chi connectivity index (χ2n) is 5.30. The highest BCUT2D eigenvalue weighted by atomic mass is 16.2. The number of carbonyl (C=O) groups excluding carboxylic acids is 1.